The van der Waals surface area contributed by atoms with Crippen LogP contribution in [0.3, 0.4) is 0 Å². The third-order valence-corrected chi connectivity index (χ3v) is 2.41. The van der Waals surface area contributed by atoms with E-state index >= 15 is 0 Å². The fraction of sp³-hybridized carbons (Fsp3) is 0.417. The van der Waals surface area contributed by atoms with Gasteiger partial charge in [-0.25, -0.2) is 0 Å². The van der Waals surface area contributed by atoms with Crippen LogP contribution >= 0.6 is 12.4 Å². The molecule has 1 rings (SSSR count). The normalized spacial score (nSPS) is 10.1. The fourth-order valence-corrected chi connectivity index (χ4v) is 1.52. The molecule has 0 saturated heterocycles. The predicted octanol–water partition coefficient (Wildman–Crippen LogP) is 0.858. The number of likely N-dealkylation sites (N-methyl/N-ethyl adjacent to an activating group) is 2. The fourth-order valence-electron chi connectivity index (χ4n) is 1.52. The molecule has 0 heterocycles. The minimum atomic E-state index is -0.375. The van der Waals surface area contributed by atoms with E-state index in [0.717, 1.165) is 25.2 Å². The van der Waals surface area contributed by atoms with Gasteiger partial charge in [-0.3, -0.25) is 4.79 Å². The summed E-state index contributed by atoms with van der Waals surface area (Å²) in [5.74, 6) is -0.375. The molecular weight excluding hydrogens is 238 g/mol. The van der Waals surface area contributed by atoms with Gasteiger partial charge in [-0.1, -0.05) is 12.1 Å². The molecule has 1 aromatic rings. The van der Waals surface area contributed by atoms with Gasteiger partial charge in [0.25, 0.3) is 0 Å². The van der Waals surface area contributed by atoms with Gasteiger partial charge < -0.3 is 16.0 Å². The zero-order valence-electron chi connectivity index (χ0n) is 10.3. The first-order valence-electron chi connectivity index (χ1n) is 5.35. The molecule has 0 fully saturated rings. The summed E-state index contributed by atoms with van der Waals surface area (Å²) in [5, 5.41) is 3.10. The number of nitrogens with zero attached hydrogens (tertiary/aromatic N) is 1. The summed E-state index contributed by atoms with van der Waals surface area (Å²) < 4.78 is 0. The second kappa shape index (κ2) is 8.06. The Kier molecular flexibility index (Phi) is 7.54. The molecule has 0 aliphatic rings. The summed E-state index contributed by atoms with van der Waals surface area (Å²) in [5.41, 5.74) is 6.91. The molecule has 0 saturated carbocycles. The zero-order valence-corrected chi connectivity index (χ0v) is 11.1. The van der Waals surface area contributed by atoms with Gasteiger partial charge >= 0.3 is 0 Å². The van der Waals surface area contributed by atoms with Gasteiger partial charge in [-0.15, -0.1) is 12.4 Å². The molecule has 0 unspecified atom stereocenters. The number of amides is 1. The lowest BCUT2D eigenvalue weighted by atomic mass is 10.1. The molecule has 0 spiro atoms. The third kappa shape index (κ3) is 5.68. The van der Waals surface area contributed by atoms with Gasteiger partial charge in [0.1, 0.15) is 0 Å². The molecule has 3 N–H and O–H groups in total. The van der Waals surface area contributed by atoms with Gasteiger partial charge in [-0.05, 0) is 31.8 Å². The topological polar surface area (TPSA) is 58.4 Å². The van der Waals surface area contributed by atoms with Crippen LogP contribution in [-0.4, -0.2) is 38.0 Å². The third-order valence-electron chi connectivity index (χ3n) is 2.41. The van der Waals surface area contributed by atoms with Gasteiger partial charge in [0.05, 0.1) is 0 Å². The molecule has 4 nitrogen and oxygen atoms in total. The van der Waals surface area contributed by atoms with Crippen LogP contribution in [0.4, 0.5) is 0 Å². The van der Waals surface area contributed by atoms with Crippen LogP contribution in [0.1, 0.15) is 15.9 Å². The van der Waals surface area contributed by atoms with Crippen LogP contribution in [0.15, 0.2) is 24.3 Å². The van der Waals surface area contributed by atoms with Crippen molar-refractivity contribution < 1.29 is 4.79 Å². The monoisotopic (exact) mass is 257 g/mol. The molecule has 96 valence electrons. The summed E-state index contributed by atoms with van der Waals surface area (Å²) in [6.07, 6.45) is 0. The van der Waals surface area contributed by atoms with Crippen molar-refractivity contribution in [2.24, 2.45) is 5.73 Å². The number of hydrogen-bond donors (Lipinski definition) is 2. The zero-order chi connectivity index (χ0) is 12.0. The summed E-state index contributed by atoms with van der Waals surface area (Å²) in [4.78, 5) is 13.2. The van der Waals surface area contributed by atoms with Gasteiger partial charge in [0.15, 0.2) is 0 Å². The Morgan fingerprint density at radius 2 is 2.18 bits per heavy atom. The maximum atomic E-state index is 11.0. The second-order valence-electron chi connectivity index (χ2n) is 3.91. The van der Waals surface area contributed by atoms with Crippen molar-refractivity contribution in [1.82, 2.24) is 10.2 Å². The number of rotatable bonds is 6. The average Bonchev–Trinajstić information content (AvgIpc) is 2.26. The first-order valence-corrected chi connectivity index (χ1v) is 5.35. The Labute approximate surface area is 109 Å². The van der Waals surface area contributed by atoms with E-state index < -0.39 is 0 Å². The van der Waals surface area contributed by atoms with Crippen LogP contribution in [0, 0.1) is 0 Å². The average molecular weight is 258 g/mol. The van der Waals surface area contributed by atoms with Crippen molar-refractivity contribution in [3.05, 3.63) is 35.4 Å². The predicted molar refractivity (Wildman–Crippen MR) is 72.5 cm³/mol. The first-order chi connectivity index (χ1) is 7.63. The van der Waals surface area contributed by atoms with Crippen molar-refractivity contribution >= 4 is 18.3 Å². The van der Waals surface area contributed by atoms with Gasteiger partial charge in [0, 0.05) is 25.2 Å². The van der Waals surface area contributed by atoms with Gasteiger partial charge in [-0.2, -0.15) is 0 Å². The van der Waals surface area contributed by atoms with E-state index in [-0.39, 0.29) is 18.3 Å². The molecule has 0 radical (unpaired) electrons. The largest absolute Gasteiger partial charge is 0.366 e. The summed E-state index contributed by atoms with van der Waals surface area (Å²) in [6.45, 7) is 2.74. The van der Waals surface area contributed by atoms with Crippen LogP contribution in [0.2, 0.25) is 0 Å². The molecule has 0 aliphatic heterocycles. The van der Waals surface area contributed by atoms with Crippen LogP contribution in [0.25, 0.3) is 0 Å². The van der Waals surface area contributed by atoms with Crippen molar-refractivity contribution in [3.8, 4) is 0 Å². The van der Waals surface area contributed by atoms with E-state index in [9.17, 15) is 4.79 Å². The van der Waals surface area contributed by atoms with E-state index in [1.165, 1.54) is 0 Å². The molecule has 17 heavy (non-hydrogen) atoms. The molecule has 5 heteroatoms. The van der Waals surface area contributed by atoms with Crippen molar-refractivity contribution in [1.29, 1.82) is 0 Å². The van der Waals surface area contributed by atoms with Crippen molar-refractivity contribution in [3.63, 3.8) is 0 Å². The second-order valence-corrected chi connectivity index (χ2v) is 3.91. The molecule has 0 aliphatic carbocycles. The van der Waals surface area contributed by atoms with E-state index in [1.54, 1.807) is 6.07 Å². The Balaban J connectivity index is 0.00000256. The number of carbonyl (C=O) groups is 1. The first kappa shape index (κ1) is 15.9. The Morgan fingerprint density at radius 1 is 1.47 bits per heavy atom. The van der Waals surface area contributed by atoms with Crippen molar-refractivity contribution in [2.75, 3.05) is 27.2 Å². The molecule has 0 atom stereocenters. The van der Waals surface area contributed by atoms with Crippen molar-refractivity contribution in [2.45, 2.75) is 6.54 Å². The number of nitrogens with one attached hydrogen (secondary N) is 1. The number of hydrogen-bond acceptors (Lipinski definition) is 3. The molecule has 0 bridgehead atoms. The Hall–Kier alpha value is -1.10. The van der Waals surface area contributed by atoms with Gasteiger partial charge in [0.2, 0.25) is 5.91 Å². The molecule has 0 aromatic heterocycles. The number of benzene rings is 1. The van der Waals surface area contributed by atoms with Crippen LogP contribution < -0.4 is 11.1 Å². The minimum Gasteiger partial charge on any atom is -0.366 e. The highest BCUT2D eigenvalue weighted by atomic mass is 35.5. The van der Waals surface area contributed by atoms with E-state index in [0.29, 0.717) is 5.56 Å². The van der Waals surface area contributed by atoms with Crippen LogP contribution in [-0.2, 0) is 6.54 Å². The van der Waals surface area contributed by atoms with E-state index in [2.05, 4.69) is 10.2 Å². The van der Waals surface area contributed by atoms with E-state index in [1.807, 2.05) is 32.3 Å². The summed E-state index contributed by atoms with van der Waals surface area (Å²) in [6, 6.07) is 7.45. The summed E-state index contributed by atoms with van der Waals surface area (Å²) in [7, 11) is 3.98. The Morgan fingerprint density at radius 3 is 2.76 bits per heavy atom. The van der Waals surface area contributed by atoms with E-state index in [4.69, 9.17) is 5.73 Å². The number of primary amides is 1. The lowest BCUT2D eigenvalue weighted by molar-refractivity contribution is 0.1000. The number of halogens is 1. The highest BCUT2D eigenvalue weighted by Gasteiger charge is 2.03. The highest BCUT2D eigenvalue weighted by molar-refractivity contribution is 5.92. The minimum absolute atomic E-state index is 0. The maximum Gasteiger partial charge on any atom is 0.248 e. The molecule has 1 aromatic carbocycles. The highest BCUT2D eigenvalue weighted by Crippen LogP contribution is 2.06. The lowest BCUT2D eigenvalue weighted by Gasteiger charge is -2.16. The number of carbonyl (C=O) groups excluding carboxylic acids is 1. The molecular formula is C12H20ClN3O. The Bertz CT molecular complexity index is 357. The SMILES string of the molecule is CNCCN(C)Cc1cccc(C(N)=O)c1.Cl. The van der Waals surface area contributed by atoms with Crippen LogP contribution in [0.5, 0.6) is 0 Å². The molecule has 1 amide bonds. The summed E-state index contributed by atoms with van der Waals surface area (Å²) >= 11 is 0. The smallest absolute Gasteiger partial charge is 0.248 e. The standard InChI is InChI=1S/C12H19N3O.ClH/c1-14-6-7-15(2)9-10-4-3-5-11(8-10)12(13)16;/h3-5,8,14H,6-7,9H2,1-2H3,(H2,13,16);1H. The lowest BCUT2D eigenvalue weighted by Crippen LogP contribution is -2.27. The maximum absolute atomic E-state index is 11.0. The number of nitrogens with two attached hydrogens (primary N) is 1. The quantitative estimate of drug-likeness (QED) is 0.795.